The molecular weight excluding hydrogens is 148 g/mol. The van der Waals surface area contributed by atoms with Crippen molar-refractivity contribution in [2.45, 2.75) is 52.4 Å². The van der Waals surface area contributed by atoms with Crippen molar-refractivity contribution in [1.29, 1.82) is 0 Å². The predicted octanol–water partition coefficient (Wildman–Crippen LogP) is 3.29. The van der Waals surface area contributed by atoms with Gasteiger partial charge >= 0.3 is 0 Å². The summed E-state index contributed by atoms with van der Waals surface area (Å²) in [7, 11) is 0. The van der Waals surface area contributed by atoms with Gasteiger partial charge in [0.1, 0.15) is 0 Å². The summed E-state index contributed by atoms with van der Waals surface area (Å²) in [5, 5.41) is 8.69. The second-order valence-electron chi connectivity index (χ2n) is 3.21. The minimum Gasteiger partial charge on any atom is -0.392 e. The van der Waals surface area contributed by atoms with Gasteiger partial charge < -0.3 is 5.11 Å². The molecule has 1 N–H and O–H groups in total. The quantitative estimate of drug-likeness (QED) is 0.459. The van der Waals surface area contributed by atoms with Crippen LogP contribution in [0.1, 0.15) is 52.4 Å². The molecule has 1 heteroatoms. The zero-order chi connectivity index (χ0) is 9.23. The van der Waals surface area contributed by atoms with Crippen molar-refractivity contribution < 1.29 is 5.11 Å². The zero-order valence-electron chi connectivity index (χ0n) is 8.47. The molecule has 0 aliphatic rings. The van der Waals surface area contributed by atoms with Crippen LogP contribution in [0.4, 0.5) is 0 Å². The van der Waals surface area contributed by atoms with E-state index in [4.69, 9.17) is 5.11 Å². The third kappa shape index (κ3) is 6.41. The lowest BCUT2D eigenvalue weighted by Gasteiger charge is -2.03. The summed E-state index contributed by atoms with van der Waals surface area (Å²) >= 11 is 0. The van der Waals surface area contributed by atoms with Crippen LogP contribution in [0.3, 0.4) is 0 Å². The molecule has 0 aromatic rings. The molecule has 0 radical (unpaired) electrons. The van der Waals surface area contributed by atoms with Crippen LogP contribution in [-0.4, -0.2) is 11.7 Å². The summed E-state index contributed by atoms with van der Waals surface area (Å²) in [5.41, 5.74) is 1.41. The predicted molar refractivity (Wildman–Crippen MR) is 54.2 cm³/mol. The molecule has 0 aromatic heterocycles. The van der Waals surface area contributed by atoms with Gasteiger partial charge in [0.2, 0.25) is 0 Å². The summed E-state index contributed by atoms with van der Waals surface area (Å²) in [6.45, 7) is 4.59. The molecule has 0 rings (SSSR count). The van der Waals surface area contributed by atoms with E-state index in [2.05, 4.69) is 13.8 Å². The van der Waals surface area contributed by atoms with Gasteiger partial charge in [-0.1, -0.05) is 44.8 Å². The molecule has 1 nitrogen and oxygen atoms in total. The summed E-state index contributed by atoms with van der Waals surface area (Å²) in [5.74, 6) is 0. The van der Waals surface area contributed by atoms with Gasteiger partial charge in [-0.2, -0.15) is 0 Å². The number of unbranched alkanes of at least 4 members (excludes halogenated alkanes) is 3. The molecule has 12 heavy (non-hydrogen) atoms. The van der Waals surface area contributed by atoms with Crippen molar-refractivity contribution in [2.24, 2.45) is 0 Å². The van der Waals surface area contributed by atoms with Crippen molar-refractivity contribution >= 4 is 0 Å². The van der Waals surface area contributed by atoms with E-state index in [1.165, 1.54) is 37.7 Å². The molecule has 0 aliphatic heterocycles. The van der Waals surface area contributed by atoms with E-state index >= 15 is 0 Å². The fourth-order valence-corrected chi connectivity index (χ4v) is 1.33. The van der Waals surface area contributed by atoms with E-state index in [-0.39, 0.29) is 6.61 Å². The molecule has 0 fully saturated rings. The van der Waals surface area contributed by atoms with E-state index in [0.717, 1.165) is 6.42 Å². The highest BCUT2D eigenvalue weighted by Gasteiger charge is 1.93. The fourth-order valence-electron chi connectivity index (χ4n) is 1.33. The van der Waals surface area contributed by atoms with Gasteiger partial charge in [-0.25, -0.2) is 0 Å². The summed E-state index contributed by atoms with van der Waals surface area (Å²) in [6, 6.07) is 0. The van der Waals surface area contributed by atoms with Crippen LogP contribution in [0.25, 0.3) is 0 Å². The van der Waals surface area contributed by atoms with Gasteiger partial charge in [0, 0.05) is 0 Å². The normalized spacial score (nSPS) is 12.1. The zero-order valence-corrected chi connectivity index (χ0v) is 8.47. The second-order valence-corrected chi connectivity index (χ2v) is 3.21. The van der Waals surface area contributed by atoms with Crippen LogP contribution in [0.5, 0.6) is 0 Å². The Morgan fingerprint density at radius 3 is 2.42 bits per heavy atom. The maximum atomic E-state index is 8.69. The molecule has 0 heterocycles. The topological polar surface area (TPSA) is 20.2 Å². The minimum absolute atomic E-state index is 0.205. The summed E-state index contributed by atoms with van der Waals surface area (Å²) < 4.78 is 0. The summed E-state index contributed by atoms with van der Waals surface area (Å²) in [4.78, 5) is 0. The number of rotatable bonds is 7. The number of aliphatic hydroxyl groups excluding tert-OH is 1. The van der Waals surface area contributed by atoms with Crippen molar-refractivity contribution in [3.63, 3.8) is 0 Å². The Bertz CT molecular complexity index is 116. The molecule has 0 unspecified atom stereocenters. The molecule has 0 amide bonds. The first-order valence-electron chi connectivity index (χ1n) is 5.13. The highest BCUT2D eigenvalue weighted by Crippen LogP contribution is 2.12. The van der Waals surface area contributed by atoms with Gasteiger partial charge in [0.15, 0.2) is 0 Å². The van der Waals surface area contributed by atoms with Gasteiger partial charge in [-0.3, -0.25) is 0 Å². The van der Waals surface area contributed by atoms with E-state index < -0.39 is 0 Å². The molecule has 72 valence electrons. The van der Waals surface area contributed by atoms with Gasteiger partial charge in [0.05, 0.1) is 6.61 Å². The van der Waals surface area contributed by atoms with Crippen LogP contribution >= 0.6 is 0 Å². The van der Waals surface area contributed by atoms with Crippen LogP contribution in [0.2, 0.25) is 0 Å². The van der Waals surface area contributed by atoms with Crippen LogP contribution in [0, 0.1) is 0 Å². The molecule has 0 aromatic carbocycles. The average Bonchev–Trinajstić information content (AvgIpc) is 2.10. The largest absolute Gasteiger partial charge is 0.392 e. The lowest BCUT2D eigenvalue weighted by atomic mass is 10.0. The maximum absolute atomic E-state index is 8.69. The van der Waals surface area contributed by atoms with Gasteiger partial charge in [0.25, 0.3) is 0 Å². The monoisotopic (exact) mass is 170 g/mol. The Kier molecular flexibility index (Phi) is 8.57. The van der Waals surface area contributed by atoms with Crippen molar-refractivity contribution in [2.75, 3.05) is 6.61 Å². The Morgan fingerprint density at radius 2 is 1.92 bits per heavy atom. The number of hydrogen-bond acceptors (Lipinski definition) is 1. The van der Waals surface area contributed by atoms with Crippen LogP contribution < -0.4 is 0 Å². The number of allylic oxidation sites excluding steroid dienone is 1. The number of hydrogen-bond donors (Lipinski definition) is 1. The van der Waals surface area contributed by atoms with E-state index in [1.807, 2.05) is 6.08 Å². The molecule has 0 saturated heterocycles. The standard InChI is InChI=1S/C11H22O/c1-3-5-6-7-8-11(4-2)9-10-12/h9,12H,3-8,10H2,1-2H3/b11-9+. The van der Waals surface area contributed by atoms with Crippen molar-refractivity contribution in [3.8, 4) is 0 Å². The Balaban J connectivity index is 3.38. The SMILES string of the molecule is CCCCCC/C(=C/CO)CC. The summed E-state index contributed by atoms with van der Waals surface area (Å²) in [6.07, 6.45) is 9.48. The Morgan fingerprint density at radius 1 is 1.17 bits per heavy atom. The first kappa shape index (κ1) is 11.7. The lowest BCUT2D eigenvalue weighted by Crippen LogP contribution is -1.85. The third-order valence-electron chi connectivity index (χ3n) is 2.19. The van der Waals surface area contributed by atoms with E-state index in [9.17, 15) is 0 Å². The number of aliphatic hydroxyl groups is 1. The molecule has 0 aliphatic carbocycles. The highest BCUT2D eigenvalue weighted by atomic mass is 16.2. The van der Waals surface area contributed by atoms with E-state index in [0.29, 0.717) is 0 Å². The smallest absolute Gasteiger partial charge is 0.0615 e. The van der Waals surface area contributed by atoms with Gasteiger partial charge in [-0.05, 0) is 19.3 Å². The lowest BCUT2D eigenvalue weighted by molar-refractivity contribution is 0.341. The Hall–Kier alpha value is -0.300. The van der Waals surface area contributed by atoms with Crippen LogP contribution in [-0.2, 0) is 0 Å². The highest BCUT2D eigenvalue weighted by molar-refractivity contribution is 5.00. The molecule has 0 saturated carbocycles. The molecule has 0 spiro atoms. The fraction of sp³-hybridized carbons (Fsp3) is 0.818. The second kappa shape index (κ2) is 8.79. The Labute approximate surface area is 76.5 Å². The molecule has 0 atom stereocenters. The first-order chi connectivity index (χ1) is 5.85. The first-order valence-corrected chi connectivity index (χ1v) is 5.13. The third-order valence-corrected chi connectivity index (χ3v) is 2.19. The van der Waals surface area contributed by atoms with Crippen molar-refractivity contribution in [3.05, 3.63) is 11.6 Å². The van der Waals surface area contributed by atoms with E-state index in [1.54, 1.807) is 0 Å². The van der Waals surface area contributed by atoms with Gasteiger partial charge in [-0.15, -0.1) is 0 Å². The molecular formula is C11H22O. The molecule has 0 bridgehead atoms. The maximum Gasteiger partial charge on any atom is 0.0615 e. The van der Waals surface area contributed by atoms with Crippen molar-refractivity contribution in [1.82, 2.24) is 0 Å². The average molecular weight is 170 g/mol. The minimum atomic E-state index is 0.205. The van der Waals surface area contributed by atoms with Crippen LogP contribution in [0.15, 0.2) is 11.6 Å².